The lowest BCUT2D eigenvalue weighted by Crippen LogP contribution is -2.15. The van der Waals surface area contributed by atoms with Crippen molar-refractivity contribution < 1.29 is 4.39 Å². The zero-order valence-corrected chi connectivity index (χ0v) is 17.5. The van der Waals surface area contributed by atoms with Crippen molar-refractivity contribution in [3.63, 3.8) is 0 Å². The molecule has 0 heterocycles. The molecular weight excluding hydrogens is 345 g/mol. The summed E-state index contributed by atoms with van der Waals surface area (Å²) in [4.78, 5) is 0. The summed E-state index contributed by atoms with van der Waals surface area (Å²) in [5.74, 6) is 2.56. The fraction of sp³-hybridized carbons (Fsp3) is 0.654. The number of halogens is 1. The van der Waals surface area contributed by atoms with Gasteiger partial charge in [0.25, 0.3) is 0 Å². The standard InChI is InChI=1S/C26H36FN/c1-2-3-4-5-20-6-8-21(9-7-20)10-11-22-12-14-23(15-13-22)24-16-17-25(19-28)26(27)18-24/h10-11,16-18,20-23H,2-9,12-15H2,1H3/t20-,21-,22-,23-. The van der Waals surface area contributed by atoms with Gasteiger partial charge in [0.1, 0.15) is 11.9 Å². The Hall–Kier alpha value is -1.62. The molecule has 0 spiro atoms. The van der Waals surface area contributed by atoms with E-state index >= 15 is 0 Å². The van der Waals surface area contributed by atoms with Crippen LogP contribution in [0.4, 0.5) is 4.39 Å². The molecule has 28 heavy (non-hydrogen) atoms. The molecule has 2 saturated carbocycles. The molecule has 0 atom stereocenters. The van der Waals surface area contributed by atoms with Gasteiger partial charge in [-0.1, -0.05) is 50.8 Å². The zero-order valence-electron chi connectivity index (χ0n) is 17.5. The maximum atomic E-state index is 13.9. The molecule has 1 aromatic carbocycles. The van der Waals surface area contributed by atoms with E-state index in [9.17, 15) is 4.39 Å². The van der Waals surface area contributed by atoms with Gasteiger partial charge in [-0.05, 0) is 92.7 Å². The van der Waals surface area contributed by atoms with Crippen LogP contribution in [0.5, 0.6) is 0 Å². The van der Waals surface area contributed by atoms with Gasteiger partial charge in [0.05, 0.1) is 5.56 Å². The van der Waals surface area contributed by atoms with Crippen molar-refractivity contribution in [3.8, 4) is 6.07 Å². The van der Waals surface area contributed by atoms with Crippen LogP contribution in [0.15, 0.2) is 30.4 Å². The van der Waals surface area contributed by atoms with E-state index in [1.54, 1.807) is 12.1 Å². The maximum absolute atomic E-state index is 13.9. The minimum atomic E-state index is -0.368. The van der Waals surface area contributed by atoms with Crippen molar-refractivity contribution in [3.05, 3.63) is 47.3 Å². The second-order valence-electron chi connectivity index (χ2n) is 9.12. The van der Waals surface area contributed by atoms with Crippen molar-refractivity contribution in [1.29, 1.82) is 5.26 Å². The normalized spacial score (nSPS) is 28.3. The Morgan fingerprint density at radius 3 is 2.18 bits per heavy atom. The average Bonchev–Trinajstić information content (AvgIpc) is 2.74. The lowest BCUT2D eigenvalue weighted by Gasteiger charge is -2.29. The van der Waals surface area contributed by atoms with Gasteiger partial charge in [-0.25, -0.2) is 4.39 Å². The number of allylic oxidation sites excluding steroid dienone is 2. The molecule has 2 fully saturated rings. The molecule has 152 valence electrons. The molecule has 1 nitrogen and oxygen atoms in total. The Morgan fingerprint density at radius 1 is 0.964 bits per heavy atom. The monoisotopic (exact) mass is 381 g/mol. The Bertz CT molecular complexity index is 670. The third-order valence-electron chi connectivity index (χ3n) is 7.12. The Balaban J connectivity index is 1.40. The first-order valence-corrected chi connectivity index (χ1v) is 11.6. The molecule has 3 rings (SSSR count). The van der Waals surface area contributed by atoms with Gasteiger partial charge in [0.2, 0.25) is 0 Å². The highest BCUT2D eigenvalue weighted by molar-refractivity contribution is 5.35. The van der Waals surface area contributed by atoms with Crippen molar-refractivity contribution in [2.45, 2.75) is 89.9 Å². The van der Waals surface area contributed by atoms with Crippen molar-refractivity contribution in [2.24, 2.45) is 17.8 Å². The fourth-order valence-electron chi connectivity index (χ4n) is 5.19. The summed E-state index contributed by atoms with van der Waals surface area (Å²) in [6.45, 7) is 2.29. The number of hydrogen-bond donors (Lipinski definition) is 0. The van der Waals surface area contributed by atoms with E-state index in [1.165, 1.54) is 64.2 Å². The zero-order chi connectivity index (χ0) is 19.8. The van der Waals surface area contributed by atoms with Crippen LogP contribution >= 0.6 is 0 Å². The number of nitriles is 1. The lowest BCUT2D eigenvalue weighted by molar-refractivity contribution is 0.288. The molecule has 2 aliphatic carbocycles. The molecule has 0 unspecified atom stereocenters. The van der Waals surface area contributed by atoms with E-state index < -0.39 is 0 Å². The van der Waals surface area contributed by atoms with Crippen LogP contribution in [0, 0.1) is 34.9 Å². The Kier molecular flexibility index (Phi) is 8.13. The van der Waals surface area contributed by atoms with Gasteiger partial charge in [-0.15, -0.1) is 0 Å². The molecule has 0 bridgehead atoms. The third-order valence-corrected chi connectivity index (χ3v) is 7.12. The SMILES string of the molecule is CCCCC[C@H]1CC[C@H](C=C[C@H]2CC[C@H](c3ccc(C#N)c(F)c3)CC2)CC1. The largest absolute Gasteiger partial charge is 0.206 e. The second kappa shape index (κ2) is 10.8. The fourth-order valence-corrected chi connectivity index (χ4v) is 5.19. The summed E-state index contributed by atoms with van der Waals surface area (Å²) in [6, 6.07) is 7.07. The Labute approximate surface area is 171 Å². The van der Waals surface area contributed by atoms with Crippen molar-refractivity contribution in [1.82, 2.24) is 0 Å². The molecule has 0 N–H and O–H groups in total. The van der Waals surface area contributed by atoms with E-state index in [-0.39, 0.29) is 11.4 Å². The third kappa shape index (κ3) is 5.94. The van der Waals surface area contributed by atoms with Crippen LogP contribution in [-0.2, 0) is 0 Å². The summed E-state index contributed by atoms with van der Waals surface area (Å²) >= 11 is 0. The predicted molar refractivity (Wildman–Crippen MR) is 115 cm³/mol. The molecule has 0 saturated heterocycles. The molecule has 0 aliphatic heterocycles. The van der Waals surface area contributed by atoms with E-state index in [2.05, 4.69) is 19.1 Å². The first-order chi connectivity index (χ1) is 13.7. The second-order valence-corrected chi connectivity index (χ2v) is 9.12. The minimum absolute atomic E-state index is 0.153. The highest BCUT2D eigenvalue weighted by Gasteiger charge is 2.23. The van der Waals surface area contributed by atoms with E-state index in [4.69, 9.17) is 5.26 Å². The molecule has 0 aromatic heterocycles. The highest BCUT2D eigenvalue weighted by Crippen LogP contribution is 2.38. The van der Waals surface area contributed by atoms with E-state index in [0.717, 1.165) is 30.2 Å². The molecule has 1 aromatic rings. The molecular formula is C26H36FN. The van der Waals surface area contributed by atoms with Crippen LogP contribution in [-0.4, -0.2) is 0 Å². The molecule has 2 heteroatoms. The number of unbranched alkanes of at least 4 members (excludes halogenated alkanes) is 2. The summed E-state index contributed by atoms with van der Waals surface area (Å²) in [6.07, 6.45) is 20.9. The van der Waals surface area contributed by atoms with Crippen LogP contribution in [0.3, 0.4) is 0 Å². The summed E-state index contributed by atoms with van der Waals surface area (Å²) < 4.78 is 13.9. The van der Waals surface area contributed by atoms with Gasteiger partial charge in [0, 0.05) is 0 Å². The summed E-state index contributed by atoms with van der Waals surface area (Å²) in [5.41, 5.74) is 1.22. The molecule has 2 aliphatic rings. The van der Waals surface area contributed by atoms with Gasteiger partial charge in [0.15, 0.2) is 0 Å². The minimum Gasteiger partial charge on any atom is -0.206 e. The van der Waals surface area contributed by atoms with Gasteiger partial charge in [-0.3, -0.25) is 0 Å². The number of nitrogens with zero attached hydrogens (tertiary/aromatic N) is 1. The van der Waals surface area contributed by atoms with Gasteiger partial charge >= 0.3 is 0 Å². The van der Waals surface area contributed by atoms with Crippen LogP contribution in [0.2, 0.25) is 0 Å². The first kappa shape index (κ1) is 21.1. The first-order valence-electron chi connectivity index (χ1n) is 11.6. The van der Waals surface area contributed by atoms with Crippen LogP contribution in [0.25, 0.3) is 0 Å². The summed E-state index contributed by atoms with van der Waals surface area (Å²) in [5, 5.41) is 8.89. The average molecular weight is 382 g/mol. The highest BCUT2D eigenvalue weighted by atomic mass is 19.1. The van der Waals surface area contributed by atoms with Crippen LogP contribution in [0.1, 0.15) is 101 Å². The van der Waals surface area contributed by atoms with Crippen molar-refractivity contribution in [2.75, 3.05) is 0 Å². The number of hydrogen-bond acceptors (Lipinski definition) is 1. The topological polar surface area (TPSA) is 23.8 Å². The van der Waals surface area contributed by atoms with Crippen LogP contribution < -0.4 is 0 Å². The molecule has 0 amide bonds. The smallest absolute Gasteiger partial charge is 0.141 e. The van der Waals surface area contributed by atoms with Gasteiger partial charge < -0.3 is 0 Å². The molecule has 0 radical (unpaired) electrons. The van der Waals surface area contributed by atoms with E-state index in [0.29, 0.717) is 11.8 Å². The Morgan fingerprint density at radius 2 is 1.61 bits per heavy atom. The van der Waals surface area contributed by atoms with E-state index in [1.807, 2.05) is 12.1 Å². The predicted octanol–water partition coefficient (Wildman–Crippen LogP) is 7.91. The number of benzene rings is 1. The van der Waals surface area contributed by atoms with Crippen molar-refractivity contribution >= 4 is 0 Å². The maximum Gasteiger partial charge on any atom is 0.141 e. The van der Waals surface area contributed by atoms with Gasteiger partial charge in [-0.2, -0.15) is 5.26 Å². The number of rotatable bonds is 7. The quantitative estimate of drug-likeness (QED) is 0.347. The summed E-state index contributed by atoms with van der Waals surface area (Å²) in [7, 11) is 0. The lowest BCUT2D eigenvalue weighted by atomic mass is 9.76.